The van der Waals surface area contributed by atoms with Crippen molar-refractivity contribution in [2.45, 2.75) is 4.90 Å². The number of fused-ring (bicyclic) bond motifs is 1. The fourth-order valence-electron chi connectivity index (χ4n) is 3.67. The van der Waals surface area contributed by atoms with Crippen LogP contribution in [0.3, 0.4) is 0 Å². The van der Waals surface area contributed by atoms with Crippen LogP contribution in [0.5, 0.6) is 5.75 Å². The van der Waals surface area contributed by atoms with E-state index in [-0.39, 0.29) is 23.2 Å². The number of methoxy groups -OCH3 is 1. The number of ether oxygens (including phenoxy) is 1. The van der Waals surface area contributed by atoms with E-state index >= 15 is 0 Å². The number of carbonyl (C=O) groups excluding carboxylic acids is 1. The minimum Gasteiger partial charge on any atom is -0.494 e. The maximum atomic E-state index is 13.6. The molecule has 0 spiro atoms. The van der Waals surface area contributed by atoms with Gasteiger partial charge in [-0.15, -0.1) is 12.4 Å². The number of hydrogen-bond acceptors (Lipinski definition) is 7. The van der Waals surface area contributed by atoms with Gasteiger partial charge in [0.2, 0.25) is 0 Å². The van der Waals surface area contributed by atoms with E-state index in [0.717, 1.165) is 4.70 Å². The molecule has 0 bridgehead atoms. The smallest absolute Gasteiger partial charge is 0.264 e. The fourth-order valence-corrected chi connectivity index (χ4v) is 6.14. The number of anilines is 2. The molecule has 0 N–H and O–H groups in total. The van der Waals surface area contributed by atoms with Crippen LogP contribution in [0.25, 0.3) is 10.2 Å². The first-order valence-corrected chi connectivity index (χ1v) is 14.0. The van der Waals surface area contributed by atoms with Crippen molar-refractivity contribution < 1.29 is 17.9 Å². The van der Waals surface area contributed by atoms with Crippen molar-refractivity contribution in [2.75, 3.05) is 50.5 Å². The predicted molar refractivity (Wildman–Crippen MR) is 157 cm³/mol. The number of rotatable bonds is 9. The number of benzene rings is 3. The van der Waals surface area contributed by atoms with Gasteiger partial charge in [-0.25, -0.2) is 13.4 Å². The zero-order chi connectivity index (χ0) is 26.7. The SMILES string of the molecule is COc1ccc(Cl)c2sc(N(CCN(C)C)C(=O)c3ccc(S(=O)(=O)N(C)c4ccccc4)cc3)nc12.Cl. The normalized spacial score (nSPS) is 11.3. The number of amides is 1. The molecule has 0 saturated carbocycles. The van der Waals surface area contributed by atoms with Crippen molar-refractivity contribution in [3.05, 3.63) is 77.3 Å². The Morgan fingerprint density at radius 2 is 1.63 bits per heavy atom. The summed E-state index contributed by atoms with van der Waals surface area (Å²) in [4.78, 5) is 22.0. The molecule has 0 aliphatic carbocycles. The second kappa shape index (κ2) is 12.3. The van der Waals surface area contributed by atoms with Crippen LogP contribution >= 0.6 is 35.3 Å². The third-order valence-corrected chi connectivity index (χ3v) is 9.13. The van der Waals surface area contributed by atoms with E-state index in [1.165, 1.54) is 47.0 Å². The molecule has 38 heavy (non-hydrogen) atoms. The van der Waals surface area contributed by atoms with E-state index in [4.69, 9.17) is 16.3 Å². The first-order valence-electron chi connectivity index (χ1n) is 11.4. The molecule has 1 aromatic heterocycles. The molecule has 0 aliphatic rings. The Labute approximate surface area is 237 Å². The van der Waals surface area contributed by atoms with Crippen LogP contribution < -0.4 is 13.9 Å². The summed E-state index contributed by atoms with van der Waals surface area (Å²) in [6.45, 7) is 0.975. The van der Waals surface area contributed by atoms with Crippen molar-refractivity contribution in [1.29, 1.82) is 0 Å². The topological polar surface area (TPSA) is 83.0 Å². The molecule has 1 heterocycles. The first kappa shape index (κ1) is 29.7. The van der Waals surface area contributed by atoms with E-state index in [9.17, 15) is 13.2 Å². The van der Waals surface area contributed by atoms with Gasteiger partial charge in [0.1, 0.15) is 11.3 Å². The van der Waals surface area contributed by atoms with Crippen LogP contribution in [0.15, 0.2) is 71.6 Å². The van der Waals surface area contributed by atoms with E-state index in [2.05, 4.69) is 4.98 Å². The molecule has 4 aromatic rings. The number of sulfonamides is 1. The van der Waals surface area contributed by atoms with Crippen LogP contribution in [-0.4, -0.2) is 65.6 Å². The van der Waals surface area contributed by atoms with E-state index in [1.807, 2.05) is 25.1 Å². The number of carbonyl (C=O) groups is 1. The summed E-state index contributed by atoms with van der Waals surface area (Å²) in [5.74, 6) is 0.273. The average molecular weight is 596 g/mol. The highest BCUT2D eigenvalue weighted by molar-refractivity contribution is 7.92. The van der Waals surface area contributed by atoms with Crippen molar-refractivity contribution in [2.24, 2.45) is 0 Å². The number of nitrogens with zero attached hydrogens (tertiary/aromatic N) is 4. The van der Waals surface area contributed by atoms with Gasteiger partial charge >= 0.3 is 0 Å². The lowest BCUT2D eigenvalue weighted by atomic mass is 10.2. The fraction of sp³-hybridized carbons (Fsp3) is 0.231. The molecule has 1 amide bonds. The second-order valence-electron chi connectivity index (χ2n) is 8.52. The van der Waals surface area contributed by atoms with Crippen molar-refractivity contribution in [3.8, 4) is 5.75 Å². The molecule has 202 valence electrons. The van der Waals surface area contributed by atoms with Crippen LogP contribution in [-0.2, 0) is 10.0 Å². The Morgan fingerprint density at radius 1 is 0.974 bits per heavy atom. The van der Waals surface area contributed by atoms with Crippen molar-refractivity contribution in [1.82, 2.24) is 9.88 Å². The van der Waals surface area contributed by atoms with Gasteiger partial charge in [0.25, 0.3) is 15.9 Å². The Kier molecular flexibility index (Phi) is 9.61. The van der Waals surface area contributed by atoms with E-state index < -0.39 is 10.0 Å². The van der Waals surface area contributed by atoms with E-state index in [1.54, 1.807) is 48.4 Å². The summed E-state index contributed by atoms with van der Waals surface area (Å²) in [6, 6.07) is 18.2. The highest BCUT2D eigenvalue weighted by Gasteiger charge is 2.25. The van der Waals surface area contributed by atoms with Crippen LogP contribution in [0, 0.1) is 0 Å². The first-order chi connectivity index (χ1) is 17.6. The molecule has 8 nitrogen and oxygen atoms in total. The molecule has 0 aliphatic heterocycles. The highest BCUT2D eigenvalue weighted by atomic mass is 35.5. The highest BCUT2D eigenvalue weighted by Crippen LogP contribution is 2.39. The summed E-state index contributed by atoms with van der Waals surface area (Å²) in [6.07, 6.45) is 0. The Bertz CT molecular complexity index is 1510. The molecule has 3 aromatic carbocycles. The lowest BCUT2D eigenvalue weighted by molar-refractivity contribution is 0.0985. The molecule has 4 rings (SSSR count). The van der Waals surface area contributed by atoms with Crippen molar-refractivity contribution >= 4 is 72.3 Å². The van der Waals surface area contributed by atoms with Crippen LogP contribution in [0.2, 0.25) is 5.02 Å². The number of likely N-dealkylation sites (N-methyl/N-ethyl adjacent to an activating group) is 1. The zero-order valence-corrected chi connectivity index (χ0v) is 24.5. The lowest BCUT2D eigenvalue weighted by Crippen LogP contribution is -2.36. The van der Waals surface area contributed by atoms with Gasteiger partial charge in [-0.2, -0.15) is 0 Å². The summed E-state index contributed by atoms with van der Waals surface area (Å²) < 4.78 is 33.6. The monoisotopic (exact) mass is 594 g/mol. The largest absolute Gasteiger partial charge is 0.494 e. The second-order valence-corrected chi connectivity index (χ2v) is 11.9. The maximum absolute atomic E-state index is 13.6. The summed E-state index contributed by atoms with van der Waals surface area (Å²) in [5.41, 5.74) is 1.47. The molecule has 0 saturated heterocycles. The molecule has 12 heteroatoms. The minimum absolute atomic E-state index is 0. The van der Waals surface area contributed by atoms with Gasteiger partial charge in [-0.3, -0.25) is 14.0 Å². The van der Waals surface area contributed by atoms with Gasteiger partial charge in [-0.1, -0.05) is 41.1 Å². The van der Waals surface area contributed by atoms with E-state index in [0.29, 0.717) is 45.8 Å². The van der Waals surface area contributed by atoms with Gasteiger partial charge in [0, 0.05) is 25.7 Å². The summed E-state index contributed by atoms with van der Waals surface area (Å²) in [5, 5.41) is 1.01. The van der Waals surface area contributed by atoms with Crippen LogP contribution in [0.1, 0.15) is 10.4 Å². The minimum atomic E-state index is -3.80. The molecule has 0 fully saturated rings. The third-order valence-electron chi connectivity index (χ3n) is 5.79. The summed E-state index contributed by atoms with van der Waals surface area (Å²) >= 11 is 7.71. The van der Waals surface area contributed by atoms with Crippen LogP contribution in [0.4, 0.5) is 10.8 Å². The lowest BCUT2D eigenvalue weighted by Gasteiger charge is -2.22. The zero-order valence-electron chi connectivity index (χ0n) is 21.3. The molecule has 0 atom stereocenters. The van der Waals surface area contributed by atoms with Crippen molar-refractivity contribution in [3.63, 3.8) is 0 Å². The van der Waals surface area contributed by atoms with Gasteiger partial charge in [-0.05, 0) is 62.6 Å². The predicted octanol–water partition coefficient (Wildman–Crippen LogP) is 5.41. The molecular weight excluding hydrogens is 567 g/mol. The van der Waals surface area contributed by atoms with Gasteiger partial charge in [0.15, 0.2) is 5.13 Å². The number of halogens is 2. The van der Waals surface area contributed by atoms with Gasteiger partial charge < -0.3 is 9.64 Å². The van der Waals surface area contributed by atoms with Gasteiger partial charge in [0.05, 0.1) is 27.4 Å². The molecule has 0 unspecified atom stereocenters. The standard InChI is InChI=1S/C26H27ClN4O4S2.ClH/c1-29(2)16-17-31(26-28-23-22(35-4)15-14-21(27)24(23)36-26)25(32)18-10-12-20(13-11-18)37(33,34)30(3)19-8-6-5-7-9-19;/h5-15H,16-17H2,1-4H3;1H. The Balaban J connectivity index is 0.00000400. The molecule has 0 radical (unpaired) electrons. The number of hydrogen-bond donors (Lipinski definition) is 0. The number of thiazole rings is 1. The quantitative estimate of drug-likeness (QED) is 0.257. The Morgan fingerprint density at radius 3 is 2.24 bits per heavy atom. The number of para-hydroxylation sites is 1. The maximum Gasteiger partial charge on any atom is 0.264 e. The third kappa shape index (κ3) is 6.05. The summed E-state index contributed by atoms with van der Waals surface area (Å²) in [7, 11) is 3.10. The molecular formula is C26H28Cl2N4O4S2. The number of aromatic nitrogens is 1. The average Bonchev–Trinajstić information content (AvgIpc) is 3.35. The Hall–Kier alpha value is -2.89.